The van der Waals surface area contributed by atoms with E-state index in [0.29, 0.717) is 5.92 Å². The van der Waals surface area contributed by atoms with Crippen LogP contribution < -0.4 is 0 Å². The normalized spacial score (nSPS) is 25.8. The highest BCUT2D eigenvalue weighted by atomic mass is 16.4. The minimum atomic E-state index is -0.0441. The second-order valence-corrected chi connectivity index (χ2v) is 6.88. The third-order valence-corrected chi connectivity index (χ3v) is 3.92. The molecule has 0 unspecified atom stereocenters. The van der Waals surface area contributed by atoms with Crippen molar-refractivity contribution in [3.05, 3.63) is 11.8 Å². The van der Waals surface area contributed by atoms with Crippen LogP contribution in [0.1, 0.15) is 57.7 Å². The molecule has 1 aromatic heterocycles. The first-order valence-electron chi connectivity index (χ1n) is 7.08. The van der Waals surface area contributed by atoms with Gasteiger partial charge in [-0.15, -0.1) is 10.2 Å². The van der Waals surface area contributed by atoms with Gasteiger partial charge in [-0.1, -0.05) is 20.8 Å². The van der Waals surface area contributed by atoms with Crippen molar-refractivity contribution in [3.63, 3.8) is 0 Å². The van der Waals surface area contributed by atoms with E-state index in [1.165, 1.54) is 32.4 Å². The number of aromatic nitrogens is 2. The summed E-state index contributed by atoms with van der Waals surface area (Å²) < 4.78 is 5.85. The highest BCUT2D eigenvalue weighted by Gasteiger charge is 2.33. The van der Waals surface area contributed by atoms with Crippen LogP contribution in [0.2, 0.25) is 0 Å². The molecule has 0 aromatic carbocycles. The molecule has 4 heteroatoms. The summed E-state index contributed by atoms with van der Waals surface area (Å²) in [5.74, 6) is 3.03. The Morgan fingerprint density at radius 2 is 2.00 bits per heavy atom. The van der Waals surface area contributed by atoms with Crippen LogP contribution in [-0.4, -0.2) is 34.7 Å². The summed E-state index contributed by atoms with van der Waals surface area (Å²) in [6.07, 6.45) is 4.02. The van der Waals surface area contributed by atoms with Gasteiger partial charge in [-0.3, -0.25) is 0 Å². The van der Waals surface area contributed by atoms with Crippen molar-refractivity contribution in [2.75, 3.05) is 19.6 Å². The fourth-order valence-corrected chi connectivity index (χ4v) is 2.57. The maximum Gasteiger partial charge on any atom is 0.221 e. The highest BCUT2D eigenvalue weighted by molar-refractivity contribution is 5.02. The monoisotopic (exact) mass is 249 g/mol. The van der Waals surface area contributed by atoms with Gasteiger partial charge in [0.2, 0.25) is 11.8 Å². The SMILES string of the molecule is CC(C)(C)c1nnc([C@H]2CCN(CC3CC3)C2)o1. The lowest BCUT2D eigenvalue weighted by molar-refractivity contribution is 0.308. The van der Waals surface area contributed by atoms with Gasteiger partial charge in [0.1, 0.15) is 0 Å². The Hall–Kier alpha value is -0.900. The summed E-state index contributed by atoms with van der Waals surface area (Å²) >= 11 is 0. The Morgan fingerprint density at radius 1 is 1.22 bits per heavy atom. The Labute approximate surface area is 109 Å². The van der Waals surface area contributed by atoms with Gasteiger partial charge < -0.3 is 9.32 Å². The molecule has 0 radical (unpaired) electrons. The fourth-order valence-electron chi connectivity index (χ4n) is 2.57. The van der Waals surface area contributed by atoms with Crippen molar-refractivity contribution < 1.29 is 4.42 Å². The summed E-state index contributed by atoms with van der Waals surface area (Å²) in [7, 11) is 0. The minimum absolute atomic E-state index is 0.0441. The predicted molar refractivity (Wildman–Crippen MR) is 69.5 cm³/mol. The Kier molecular flexibility index (Phi) is 2.93. The van der Waals surface area contributed by atoms with Crippen LogP contribution in [-0.2, 0) is 5.41 Å². The zero-order valence-corrected chi connectivity index (χ0v) is 11.6. The van der Waals surface area contributed by atoms with E-state index in [9.17, 15) is 0 Å². The number of likely N-dealkylation sites (tertiary alicyclic amines) is 1. The summed E-state index contributed by atoms with van der Waals surface area (Å²) in [6, 6.07) is 0. The van der Waals surface area contributed by atoms with E-state index in [1.807, 2.05) is 0 Å². The van der Waals surface area contributed by atoms with Gasteiger partial charge in [0, 0.05) is 18.5 Å². The second kappa shape index (κ2) is 4.34. The van der Waals surface area contributed by atoms with Gasteiger partial charge in [0.05, 0.1) is 5.92 Å². The summed E-state index contributed by atoms with van der Waals surface area (Å²) in [6.45, 7) is 9.89. The van der Waals surface area contributed by atoms with Crippen molar-refractivity contribution in [2.24, 2.45) is 5.92 Å². The van der Waals surface area contributed by atoms with Crippen molar-refractivity contribution >= 4 is 0 Å². The predicted octanol–water partition coefficient (Wildman–Crippen LogP) is 2.57. The molecule has 0 N–H and O–H groups in total. The maximum atomic E-state index is 5.85. The van der Waals surface area contributed by atoms with Crippen LogP contribution >= 0.6 is 0 Å². The molecule has 1 aromatic rings. The first-order valence-corrected chi connectivity index (χ1v) is 7.08. The van der Waals surface area contributed by atoms with Gasteiger partial charge >= 0.3 is 0 Å². The molecule has 18 heavy (non-hydrogen) atoms. The third-order valence-electron chi connectivity index (χ3n) is 3.92. The van der Waals surface area contributed by atoms with E-state index < -0.39 is 0 Å². The zero-order valence-electron chi connectivity index (χ0n) is 11.6. The molecule has 2 heterocycles. The van der Waals surface area contributed by atoms with Gasteiger partial charge in [-0.25, -0.2) is 0 Å². The van der Waals surface area contributed by atoms with Crippen LogP contribution in [0.3, 0.4) is 0 Å². The number of nitrogens with zero attached hydrogens (tertiary/aromatic N) is 3. The van der Waals surface area contributed by atoms with Crippen molar-refractivity contribution in [2.45, 2.75) is 51.4 Å². The van der Waals surface area contributed by atoms with Crippen molar-refractivity contribution in [3.8, 4) is 0 Å². The van der Waals surface area contributed by atoms with Crippen LogP contribution in [0.25, 0.3) is 0 Å². The van der Waals surface area contributed by atoms with Crippen LogP contribution in [0.5, 0.6) is 0 Å². The second-order valence-electron chi connectivity index (χ2n) is 6.88. The Balaban J connectivity index is 1.63. The summed E-state index contributed by atoms with van der Waals surface area (Å²) in [5, 5.41) is 8.45. The first kappa shape index (κ1) is 12.2. The molecule has 1 aliphatic carbocycles. The van der Waals surface area contributed by atoms with E-state index in [-0.39, 0.29) is 5.41 Å². The minimum Gasteiger partial charge on any atom is -0.424 e. The number of hydrogen-bond acceptors (Lipinski definition) is 4. The Morgan fingerprint density at radius 3 is 2.61 bits per heavy atom. The maximum absolute atomic E-state index is 5.85. The van der Waals surface area contributed by atoms with Gasteiger partial charge in [-0.05, 0) is 31.7 Å². The van der Waals surface area contributed by atoms with Gasteiger partial charge in [-0.2, -0.15) is 0 Å². The van der Waals surface area contributed by atoms with E-state index in [4.69, 9.17) is 4.42 Å². The van der Waals surface area contributed by atoms with E-state index in [0.717, 1.165) is 24.2 Å². The van der Waals surface area contributed by atoms with Crippen molar-refractivity contribution in [1.29, 1.82) is 0 Å². The molecule has 1 aliphatic heterocycles. The lowest BCUT2D eigenvalue weighted by atomic mass is 9.97. The molecule has 1 saturated carbocycles. The average molecular weight is 249 g/mol. The van der Waals surface area contributed by atoms with Gasteiger partial charge in [0.15, 0.2) is 0 Å². The molecule has 0 bridgehead atoms. The number of hydrogen-bond donors (Lipinski definition) is 0. The van der Waals surface area contributed by atoms with Gasteiger partial charge in [0.25, 0.3) is 0 Å². The molecule has 0 spiro atoms. The van der Waals surface area contributed by atoms with Crippen LogP contribution in [0.4, 0.5) is 0 Å². The fraction of sp³-hybridized carbons (Fsp3) is 0.857. The quantitative estimate of drug-likeness (QED) is 0.825. The molecule has 1 saturated heterocycles. The van der Waals surface area contributed by atoms with Crippen LogP contribution in [0.15, 0.2) is 4.42 Å². The molecular weight excluding hydrogens is 226 g/mol. The molecular formula is C14H23N3O. The van der Waals surface area contributed by atoms with E-state index >= 15 is 0 Å². The summed E-state index contributed by atoms with van der Waals surface area (Å²) in [5.41, 5.74) is -0.0441. The lowest BCUT2D eigenvalue weighted by Crippen LogP contribution is -2.22. The van der Waals surface area contributed by atoms with E-state index in [2.05, 4.69) is 35.9 Å². The van der Waals surface area contributed by atoms with Crippen molar-refractivity contribution in [1.82, 2.24) is 15.1 Å². The standard InChI is InChI=1S/C14H23N3O/c1-14(2,3)13-16-15-12(18-13)11-6-7-17(9-11)8-10-4-5-10/h10-11H,4-9H2,1-3H3/t11-/m0/s1. The highest BCUT2D eigenvalue weighted by Crippen LogP contribution is 2.34. The number of rotatable bonds is 3. The molecule has 3 rings (SSSR count). The molecule has 2 aliphatic rings. The molecule has 1 atom stereocenters. The first-order chi connectivity index (χ1) is 8.52. The largest absolute Gasteiger partial charge is 0.424 e. The molecule has 100 valence electrons. The average Bonchev–Trinajstić information content (AvgIpc) is 2.81. The molecule has 0 amide bonds. The zero-order chi connectivity index (χ0) is 12.8. The topological polar surface area (TPSA) is 42.2 Å². The summed E-state index contributed by atoms with van der Waals surface area (Å²) in [4.78, 5) is 2.56. The lowest BCUT2D eigenvalue weighted by Gasteiger charge is -2.14. The smallest absolute Gasteiger partial charge is 0.221 e. The van der Waals surface area contributed by atoms with Crippen LogP contribution in [0, 0.1) is 5.92 Å². The third kappa shape index (κ3) is 2.58. The molecule has 4 nitrogen and oxygen atoms in total. The van der Waals surface area contributed by atoms with E-state index in [1.54, 1.807) is 0 Å². The Bertz CT molecular complexity index is 417. The molecule has 2 fully saturated rings.